The van der Waals surface area contributed by atoms with Crippen molar-refractivity contribution in [2.45, 2.75) is 6.17 Å². The van der Waals surface area contributed by atoms with Crippen molar-refractivity contribution in [1.29, 1.82) is 0 Å². The molecule has 0 saturated carbocycles. The van der Waals surface area contributed by atoms with E-state index in [4.69, 9.17) is 9.98 Å². The van der Waals surface area contributed by atoms with E-state index in [0.717, 1.165) is 34.0 Å². The average Bonchev–Trinajstić information content (AvgIpc) is 3.48. The summed E-state index contributed by atoms with van der Waals surface area (Å²) in [4.78, 5) is 10.00. The lowest BCUT2D eigenvalue weighted by atomic mass is 10.00. The van der Waals surface area contributed by atoms with Crippen LogP contribution in [-0.2, 0) is 0 Å². The zero-order chi connectivity index (χ0) is 29.7. The molecule has 1 aliphatic rings. The molecule has 1 atom stereocenters. The first-order valence-corrected chi connectivity index (χ1v) is 15.3. The number of benzene rings is 7. The quantitative estimate of drug-likeness (QED) is 0.223. The summed E-state index contributed by atoms with van der Waals surface area (Å²) in [6, 6.07) is 55.7. The second-order valence-electron chi connectivity index (χ2n) is 11.5. The molecule has 212 valence electrons. The Kier molecular flexibility index (Phi) is 5.85. The van der Waals surface area contributed by atoms with Crippen LogP contribution < -0.4 is 5.32 Å². The minimum Gasteiger partial charge on any atom is -0.344 e. The number of hydrogen-bond donors (Lipinski definition) is 1. The van der Waals surface area contributed by atoms with Gasteiger partial charge in [-0.25, -0.2) is 9.98 Å². The van der Waals surface area contributed by atoms with Crippen LogP contribution in [0.5, 0.6) is 0 Å². The van der Waals surface area contributed by atoms with Gasteiger partial charge < -0.3 is 9.88 Å². The van der Waals surface area contributed by atoms with Crippen LogP contribution in [0, 0.1) is 0 Å². The van der Waals surface area contributed by atoms with Crippen LogP contribution in [0.3, 0.4) is 0 Å². The monoisotopic (exact) mass is 576 g/mol. The summed E-state index contributed by atoms with van der Waals surface area (Å²) in [5.74, 6) is 1.54. The normalized spacial score (nSPS) is 14.9. The van der Waals surface area contributed by atoms with Crippen molar-refractivity contribution in [2.24, 2.45) is 9.98 Å². The highest BCUT2D eigenvalue weighted by molar-refractivity contribution is 6.28. The van der Waals surface area contributed by atoms with E-state index >= 15 is 0 Å². The molecule has 9 rings (SSSR count). The van der Waals surface area contributed by atoms with Crippen LogP contribution in [-0.4, -0.2) is 16.2 Å². The third kappa shape index (κ3) is 4.22. The van der Waals surface area contributed by atoms with Crippen LogP contribution in [0.2, 0.25) is 0 Å². The number of fused-ring (bicyclic) bond motifs is 7. The summed E-state index contributed by atoms with van der Waals surface area (Å²) in [6.07, 6.45) is -0.270. The maximum Gasteiger partial charge on any atom is 0.159 e. The van der Waals surface area contributed by atoms with Crippen LogP contribution >= 0.6 is 0 Å². The summed E-state index contributed by atoms with van der Waals surface area (Å²) in [5.41, 5.74) is 6.63. The lowest BCUT2D eigenvalue weighted by Crippen LogP contribution is -2.33. The van der Waals surface area contributed by atoms with Crippen LogP contribution in [0.1, 0.15) is 22.9 Å². The molecule has 1 aliphatic heterocycles. The van der Waals surface area contributed by atoms with E-state index in [0.29, 0.717) is 0 Å². The third-order valence-electron chi connectivity index (χ3n) is 8.83. The SMILES string of the molecule is c1ccc(C2=NC(c3ccc(-n4c5ccc6ccccc6c5c5c6ccccc6ccc54)cc3)NC(c3ccccc3)=N2)cc1. The van der Waals surface area contributed by atoms with Gasteiger partial charge in [0.1, 0.15) is 12.0 Å². The third-order valence-corrected chi connectivity index (χ3v) is 8.83. The summed E-state index contributed by atoms with van der Waals surface area (Å²) >= 11 is 0. The highest BCUT2D eigenvalue weighted by Crippen LogP contribution is 2.40. The molecule has 8 aromatic rings. The zero-order valence-corrected chi connectivity index (χ0v) is 24.4. The van der Waals surface area contributed by atoms with Gasteiger partial charge in [-0.1, -0.05) is 133 Å². The second kappa shape index (κ2) is 10.3. The molecular formula is C41H28N4. The number of amidine groups is 2. The van der Waals surface area contributed by atoms with E-state index in [1.807, 2.05) is 36.4 Å². The number of rotatable bonds is 4. The Labute approximate surface area is 260 Å². The fourth-order valence-electron chi connectivity index (χ4n) is 6.71. The molecular weight excluding hydrogens is 548 g/mol. The predicted molar refractivity (Wildman–Crippen MR) is 188 cm³/mol. The Balaban J connectivity index is 1.20. The van der Waals surface area contributed by atoms with Gasteiger partial charge in [-0.05, 0) is 51.4 Å². The van der Waals surface area contributed by atoms with Gasteiger partial charge in [0.15, 0.2) is 5.84 Å². The number of aliphatic imine (C=N–C) groups is 2. The van der Waals surface area contributed by atoms with Crippen molar-refractivity contribution < 1.29 is 0 Å². The molecule has 0 spiro atoms. The molecule has 0 saturated heterocycles. The van der Waals surface area contributed by atoms with E-state index in [1.54, 1.807) is 0 Å². The lowest BCUT2D eigenvalue weighted by Gasteiger charge is -2.24. The maximum absolute atomic E-state index is 5.07. The van der Waals surface area contributed by atoms with E-state index < -0.39 is 0 Å². The lowest BCUT2D eigenvalue weighted by molar-refractivity contribution is 0.674. The Hall–Kier alpha value is -6.00. The van der Waals surface area contributed by atoms with Gasteiger partial charge in [-0.15, -0.1) is 0 Å². The Bertz CT molecular complexity index is 2340. The summed E-state index contributed by atoms with van der Waals surface area (Å²) < 4.78 is 2.40. The first kappa shape index (κ1) is 25.5. The first-order chi connectivity index (χ1) is 22.3. The molecule has 0 bridgehead atoms. The van der Waals surface area contributed by atoms with Gasteiger partial charge in [0.2, 0.25) is 0 Å². The van der Waals surface area contributed by atoms with Crippen molar-refractivity contribution in [1.82, 2.24) is 9.88 Å². The van der Waals surface area contributed by atoms with Crippen LogP contribution in [0.15, 0.2) is 168 Å². The fourth-order valence-corrected chi connectivity index (χ4v) is 6.71. The minimum absolute atomic E-state index is 0.270. The van der Waals surface area contributed by atoms with Gasteiger partial charge in [0.25, 0.3) is 0 Å². The van der Waals surface area contributed by atoms with Crippen LogP contribution in [0.4, 0.5) is 0 Å². The summed E-state index contributed by atoms with van der Waals surface area (Å²) in [5, 5.41) is 11.2. The van der Waals surface area contributed by atoms with Crippen molar-refractivity contribution in [3.63, 3.8) is 0 Å². The molecule has 0 aliphatic carbocycles. The van der Waals surface area contributed by atoms with Gasteiger partial charge in [0.05, 0.1) is 11.0 Å². The number of nitrogens with zero attached hydrogens (tertiary/aromatic N) is 3. The topological polar surface area (TPSA) is 41.7 Å². The summed E-state index contributed by atoms with van der Waals surface area (Å²) in [7, 11) is 0. The molecule has 0 fully saturated rings. The molecule has 4 nitrogen and oxygen atoms in total. The van der Waals surface area contributed by atoms with E-state index in [-0.39, 0.29) is 6.17 Å². The molecule has 1 N–H and O–H groups in total. The Morgan fingerprint density at radius 3 is 1.62 bits per heavy atom. The Morgan fingerprint density at radius 2 is 1.02 bits per heavy atom. The van der Waals surface area contributed by atoms with Gasteiger partial charge in [-0.2, -0.15) is 0 Å². The van der Waals surface area contributed by atoms with E-state index in [2.05, 4.69) is 131 Å². The molecule has 4 heteroatoms. The maximum atomic E-state index is 5.07. The largest absolute Gasteiger partial charge is 0.344 e. The van der Waals surface area contributed by atoms with Crippen molar-refractivity contribution in [3.05, 3.63) is 174 Å². The van der Waals surface area contributed by atoms with Crippen molar-refractivity contribution >= 4 is 55.0 Å². The van der Waals surface area contributed by atoms with E-state index in [9.17, 15) is 0 Å². The minimum atomic E-state index is -0.270. The molecule has 7 aromatic carbocycles. The molecule has 0 amide bonds. The Morgan fingerprint density at radius 1 is 0.489 bits per heavy atom. The number of aromatic nitrogens is 1. The molecule has 45 heavy (non-hydrogen) atoms. The summed E-state index contributed by atoms with van der Waals surface area (Å²) in [6.45, 7) is 0. The zero-order valence-electron chi connectivity index (χ0n) is 24.4. The highest BCUT2D eigenvalue weighted by atomic mass is 15.2. The van der Waals surface area contributed by atoms with Crippen molar-refractivity contribution in [3.8, 4) is 5.69 Å². The first-order valence-electron chi connectivity index (χ1n) is 15.3. The smallest absolute Gasteiger partial charge is 0.159 e. The van der Waals surface area contributed by atoms with Gasteiger partial charge in [0, 0.05) is 27.6 Å². The highest BCUT2D eigenvalue weighted by Gasteiger charge is 2.22. The standard InChI is InChI=1S/C41H28N4/c1-3-13-29(14-4-1)39-42-40(30-15-5-2-6-16-30)44-41(43-39)31-19-23-32(24-20-31)45-35-25-21-27-11-7-9-17-33(27)37(35)38-34-18-10-8-12-28(34)22-26-36(38)45/h1-26,41H,(H,42,43,44). The fraction of sp³-hybridized carbons (Fsp3) is 0.0244. The molecule has 2 heterocycles. The number of hydrogen-bond acceptors (Lipinski definition) is 3. The molecule has 1 unspecified atom stereocenters. The van der Waals surface area contributed by atoms with Crippen LogP contribution in [0.25, 0.3) is 49.0 Å². The molecule has 0 radical (unpaired) electrons. The van der Waals surface area contributed by atoms with Gasteiger partial charge in [-0.3, -0.25) is 0 Å². The predicted octanol–water partition coefficient (Wildman–Crippen LogP) is 9.59. The molecule has 1 aromatic heterocycles. The van der Waals surface area contributed by atoms with Gasteiger partial charge >= 0.3 is 0 Å². The second-order valence-corrected chi connectivity index (χ2v) is 11.5. The van der Waals surface area contributed by atoms with E-state index in [1.165, 1.54) is 43.4 Å². The average molecular weight is 577 g/mol. The van der Waals surface area contributed by atoms with Crippen molar-refractivity contribution in [2.75, 3.05) is 0 Å². The number of nitrogens with one attached hydrogen (secondary N) is 1.